The minimum atomic E-state index is -6.09. The maximum atomic E-state index is 10.7. The molecule has 0 aromatic heterocycles. The maximum absolute atomic E-state index is 10.7. The quantitative estimate of drug-likeness (QED) is 0.292. The van der Waals surface area contributed by atoms with E-state index >= 15 is 0 Å². The SMILES string of the molecule is O=S(=O)([O-])C(F)(F)F.[Fe+][C]1=CC=CC1.c1ccc2c(c1)Cc1ccccc1-2. The molecule has 3 nitrogen and oxygen atoms in total. The van der Waals surface area contributed by atoms with E-state index in [0.717, 1.165) is 12.8 Å². The molecule has 0 radical (unpaired) electrons. The number of alkyl halides is 3. The Labute approximate surface area is 164 Å². The summed E-state index contributed by atoms with van der Waals surface area (Å²) in [5.41, 5.74) is 0.108. The first-order chi connectivity index (χ1) is 12.6. The van der Waals surface area contributed by atoms with Crippen molar-refractivity contribution >= 4 is 10.1 Å². The molecule has 144 valence electrons. The van der Waals surface area contributed by atoms with Crippen LogP contribution in [-0.4, -0.2) is 18.5 Å². The van der Waals surface area contributed by atoms with Crippen molar-refractivity contribution in [2.75, 3.05) is 0 Å². The average Bonchev–Trinajstić information content (AvgIpc) is 3.20. The fourth-order valence-corrected chi connectivity index (χ4v) is 2.73. The van der Waals surface area contributed by atoms with Crippen molar-refractivity contribution in [1.82, 2.24) is 0 Å². The Morgan fingerprint density at radius 1 is 0.926 bits per heavy atom. The van der Waals surface area contributed by atoms with Gasteiger partial charge in [0.15, 0.2) is 10.1 Å². The number of fused-ring (bicyclic) bond motifs is 3. The largest absolute Gasteiger partial charge is 0.0619 e. The van der Waals surface area contributed by atoms with Crippen LogP contribution in [0.4, 0.5) is 13.2 Å². The van der Waals surface area contributed by atoms with Crippen LogP contribution in [0.2, 0.25) is 0 Å². The Balaban J connectivity index is 0.000000161. The molecule has 0 saturated carbocycles. The van der Waals surface area contributed by atoms with E-state index in [9.17, 15) is 13.2 Å². The van der Waals surface area contributed by atoms with Crippen LogP contribution in [0.1, 0.15) is 17.5 Å². The van der Waals surface area contributed by atoms with E-state index in [2.05, 4.69) is 70.6 Å². The predicted octanol–water partition coefficient (Wildman–Crippen LogP) is 4.69. The van der Waals surface area contributed by atoms with Crippen LogP contribution in [0, 0.1) is 0 Å². The number of rotatable bonds is 0. The molecule has 0 saturated heterocycles. The van der Waals surface area contributed by atoms with Gasteiger partial charge in [-0.2, -0.15) is 13.2 Å². The third kappa shape index (κ3) is 6.07. The van der Waals surface area contributed by atoms with Crippen LogP contribution in [0.3, 0.4) is 0 Å². The molecule has 0 bridgehead atoms. The summed E-state index contributed by atoms with van der Waals surface area (Å²) in [6.07, 6.45) is 8.32. The molecule has 2 aliphatic carbocycles. The Bertz CT molecular complexity index is 921. The second-order valence-corrected chi connectivity index (χ2v) is 7.70. The zero-order valence-electron chi connectivity index (χ0n) is 13.9. The van der Waals surface area contributed by atoms with Gasteiger partial charge in [-0.1, -0.05) is 48.5 Å². The molecule has 0 unspecified atom stereocenters. The van der Waals surface area contributed by atoms with Crippen molar-refractivity contribution in [3.05, 3.63) is 82.4 Å². The summed E-state index contributed by atoms with van der Waals surface area (Å²) in [7, 11) is -6.09. The van der Waals surface area contributed by atoms with Gasteiger partial charge in [0.05, 0.1) is 0 Å². The minimum Gasteiger partial charge on any atom is -0.0619 e. The van der Waals surface area contributed by atoms with Gasteiger partial charge < -0.3 is 4.55 Å². The Morgan fingerprint density at radius 2 is 1.37 bits per heavy atom. The molecule has 0 heterocycles. The van der Waals surface area contributed by atoms with Crippen molar-refractivity contribution in [3.63, 3.8) is 0 Å². The van der Waals surface area contributed by atoms with E-state index in [1.165, 1.54) is 26.7 Å². The van der Waals surface area contributed by atoms with Crippen molar-refractivity contribution < 1.29 is 42.2 Å². The van der Waals surface area contributed by atoms with E-state index < -0.39 is 15.6 Å². The van der Waals surface area contributed by atoms with Gasteiger partial charge in [0.2, 0.25) is 0 Å². The fourth-order valence-electron chi connectivity index (χ4n) is 2.50. The van der Waals surface area contributed by atoms with Crippen LogP contribution < -0.4 is 0 Å². The molecular weight excluding hydrogens is 421 g/mol. The summed E-state index contributed by atoms with van der Waals surface area (Å²) >= 11 is 3.74. The second kappa shape index (κ2) is 8.89. The smallest absolute Gasteiger partial charge is 0.00135 e. The average molecular weight is 436 g/mol. The third-order valence-corrected chi connectivity index (χ3v) is 4.68. The maximum Gasteiger partial charge on any atom is -0.00135 e. The van der Waals surface area contributed by atoms with E-state index in [0.29, 0.717) is 0 Å². The first kappa shape index (κ1) is 21.4. The summed E-state index contributed by atoms with van der Waals surface area (Å²) in [6, 6.07) is 17.3. The van der Waals surface area contributed by atoms with Gasteiger partial charge in [0, 0.05) is 0 Å². The zero-order valence-corrected chi connectivity index (χ0v) is 15.8. The van der Waals surface area contributed by atoms with Gasteiger partial charge in [-0.25, -0.2) is 8.42 Å². The van der Waals surface area contributed by atoms with Gasteiger partial charge in [-0.3, -0.25) is 0 Å². The van der Waals surface area contributed by atoms with Gasteiger partial charge in [-0.05, 0) is 28.7 Å². The molecule has 0 spiro atoms. The molecular formula is C19H15F3FeO3S. The molecule has 2 aliphatic rings. The Kier molecular flexibility index (Phi) is 7.06. The van der Waals surface area contributed by atoms with Crippen LogP contribution in [0.25, 0.3) is 11.1 Å². The van der Waals surface area contributed by atoms with Crippen LogP contribution in [0.15, 0.2) is 71.2 Å². The van der Waals surface area contributed by atoms with Crippen molar-refractivity contribution in [1.29, 1.82) is 0 Å². The number of halogens is 3. The topological polar surface area (TPSA) is 57.2 Å². The van der Waals surface area contributed by atoms with Gasteiger partial charge in [0.25, 0.3) is 0 Å². The molecule has 2 aromatic carbocycles. The molecule has 4 rings (SSSR count). The Morgan fingerprint density at radius 3 is 1.67 bits per heavy atom. The van der Waals surface area contributed by atoms with Gasteiger partial charge in [-0.15, -0.1) is 0 Å². The number of hydrogen-bond donors (Lipinski definition) is 0. The second-order valence-electron chi connectivity index (χ2n) is 5.62. The summed E-state index contributed by atoms with van der Waals surface area (Å²) in [4.78, 5) is 0. The molecule has 0 aliphatic heterocycles. The normalized spacial score (nSPS) is 14.2. The van der Waals surface area contributed by atoms with Crippen molar-refractivity contribution in [2.45, 2.75) is 18.3 Å². The number of benzene rings is 2. The van der Waals surface area contributed by atoms with E-state index in [4.69, 9.17) is 13.0 Å². The molecule has 0 amide bonds. The van der Waals surface area contributed by atoms with Gasteiger partial charge >= 0.3 is 50.6 Å². The fraction of sp³-hybridized carbons (Fsp3) is 0.158. The molecule has 0 N–H and O–H groups in total. The first-order valence-electron chi connectivity index (χ1n) is 7.78. The molecule has 0 atom stereocenters. The molecule has 0 fully saturated rings. The predicted molar refractivity (Wildman–Crippen MR) is 92.3 cm³/mol. The van der Waals surface area contributed by atoms with Crippen LogP contribution >= 0.6 is 0 Å². The van der Waals surface area contributed by atoms with E-state index in [1.54, 1.807) is 0 Å². The molecule has 8 heteroatoms. The van der Waals surface area contributed by atoms with Crippen LogP contribution in [-0.2, 0) is 32.6 Å². The standard InChI is InChI=1S/C13H10.C5H5.CHF3O3S.Fe/c1-3-7-12-10(5-1)9-11-6-2-4-8-13(11)12;1-2-4-5-3-1;2-1(3,4)8(5,6)7;/h1-8H,9H2;1-3H,4H2;(H,5,6,7);/q;;;+1/p-1. The first-order valence-corrected chi connectivity index (χ1v) is 9.74. The third-order valence-electron chi connectivity index (χ3n) is 3.71. The van der Waals surface area contributed by atoms with E-state index in [1.807, 2.05) is 12.2 Å². The summed E-state index contributed by atoms with van der Waals surface area (Å²) < 4.78 is 60.1. The number of allylic oxidation sites excluding steroid dienone is 4. The molecule has 27 heavy (non-hydrogen) atoms. The monoisotopic (exact) mass is 436 g/mol. The molecule has 2 aromatic rings. The zero-order chi connectivity index (χ0) is 20.1. The van der Waals surface area contributed by atoms with Crippen LogP contribution in [0.5, 0.6) is 0 Å². The Hall–Kier alpha value is -1.86. The summed E-state index contributed by atoms with van der Waals surface area (Å²) in [5.74, 6) is 0. The van der Waals surface area contributed by atoms with Crippen molar-refractivity contribution in [2.24, 2.45) is 0 Å². The minimum absolute atomic E-state index is 1.06. The van der Waals surface area contributed by atoms with E-state index in [-0.39, 0.29) is 0 Å². The van der Waals surface area contributed by atoms with Crippen molar-refractivity contribution in [3.8, 4) is 11.1 Å². The summed E-state index contributed by atoms with van der Waals surface area (Å²) in [6.45, 7) is 0. The van der Waals surface area contributed by atoms with Gasteiger partial charge in [0.1, 0.15) is 0 Å². The number of hydrogen-bond acceptors (Lipinski definition) is 3. The summed E-state index contributed by atoms with van der Waals surface area (Å²) in [5, 5.41) is 0.